The molecule has 0 aliphatic carbocycles. The van der Waals surface area contributed by atoms with Crippen molar-refractivity contribution in [3.8, 4) is 11.5 Å². The van der Waals surface area contributed by atoms with Crippen LogP contribution < -0.4 is 14.8 Å². The van der Waals surface area contributed by atoms with Crippen molar-refractivity contribution in [1.29, 1.82) is 0 Å². The number of amides is 2. The van der Waals surface area contributed by atoms with Crippen molar-refractivity contribution in [1.82, 2.24) is 24.3 Å². The molecule has 1 saturated heterocycles. The number of aryl methyl sites for hydroxylation is 1. The van der Waals surface area contributed by atoms with E-state index in [1.807, 2.05) is 18.2 Å². The summed E-state index contributed by atoms with van der Waals surface area (Å²) < 4.78 is 45.0. The Bertz CT molecular complexity index is 1590. The van der Waals surface area contributed by atoms with E-state index in [1.54, 1.807) is 71.4 Å². The Labute approximate surface area is 266 Å². The molecule has 4 rings (SSSR count). The summed E-state index contributed by atoms with van der Waals surface area (Å²) >= 11 is 1.31. The average Bonchev–Trinajstić information content (AvgIpc) is 3.59. The highest BCUT2D eigenvalue weighted by Gasteiger charge is 2.52. The Hall–Kier alpha value is -4.08. The van der Waals surface area contributed by atoms with Crippen LogP contribution in [0.1, 0.15) is 19.4 Å². The maximum absolute atomic E-state index is 13.9. The summed E-state index contributed by atoms with van der Waals surface area (Å²) in [6.45, 7) is 3.56. The van der Waals surface area contributed by atoms with E-state index in [1.165, 1.54) is 33.6 Å². The van der Waals surface area contributed by atoms with Gasteiger partial charge in [-0.3, -0.25) is 9.48 Å². The Balaban J connectivity index is 1.52. The van der Waals surface area contributed by atoms with Crippen LogP contribution in [0.15, 0.2) is 71.9 Å². The van der Waals surface area contributed by atoms with E-state index in [4.69, 9.17) is 14.2 Å². The number of benzene rings is 2. The monoisotopic (exact) mass is 659 g/mol. The van der Waals surface area contributed by atoms with Crippen LogP contribution in [-0.2, 0) is 37.8 Å². The lowest BCUT2D eigenvalue weighted by atomic mass is 10.0. The highest BCUT2D eigenvalue weighted by molar-refractivity contribution is 8.02. The third kappa shape index (κ3) is 8.55. The topological polar surface area (TPSA) is 149 Å². The molecule has 0 radical (unpaired) electrons. The fourth-order valence-electron chi connectivity index (χ4n) is 4.52. The van der Waals surface area contributed by atoms with Gasteiger partial charge in [-0.1, -0.05) is 30.3 Å². The minimum absolute atomic E-state index is 0.0271. The first kappa shape index (κ1) is 33.8. The molecule has 3 aromatic rings. The van der Waals surface area contributed by atoms with E-state index < -0.39 is 44.8 Å². The van der Waals surface area contributed by atoms with E-state index in [0.29, 0.717) is 17.1 Å². The van der Waals surface area contributed by atoms with E-state index >= 15 is 0 Å². The summed E-state index contributed by atoms with van der Waals surface area (Å²) in [7, 11) is 0.608. The number of hydrogen-bond donors (Lipinski definition) is 1. The van der Waals surface area contributed by atoms with Crippen LogP contribution in [0.3, 0.4) is 0 Å². The molecule has 13 nitrogen and oxygen atoms in total. The first-order chi connectivity index (χ1) is 21.3. The summed E-state index contributed by atoms with van der Waals surface area (Å²) in [5, 5.41) is 6.61. The van der Waals surface area contributed by atoms with Gasteiger partial charge in [0.1, 0.15) is 36.8 Å². The van der Waals surface area contributed by atoms with E-state index in [-0.39, 0.29) is 30.5 Å². The number of carbonyl (C=O) groups excluding carboxylic acids is 3. The maximum atomic E-state index is 13.9. The van der Waals surface area contributed by atoms with Crippen molar-refractivity contribution < 1.29 is 37.0 Å². The van der Waals surface area contributed by atoms with Gasteiger partial charge in [0, 0.05) is 38.5 Å². The molecule has 1 aliphatic rings. The third-order valence-electron chi connectivity index (χ3n) is 6.89. The van der Waals surface area contributed by atoms with Crippen molar-refractivity contribution in [2.75, 3.05) is 33.2 Å². The lowest BCUT2D eigenvalue weighted by molar-refractivity contribution is -0.149. The van der Waals surface area contributed by atoms with Crippen LogP contribution >= 0.6 is 11.8 Å². The van der Waals surface area contributed by atoms with Crippen molar-refractivity contribution in [3.63, 3.8) is 0 Å². The number of esters is 1. The third-order valence-corrected chi connectivity index (χ3v) is 10.1. The molecule has 1 aromatic heterocycles. The van der Waals surface area contributed by atoms with Crippen LogP contribution in [-0.4, -0.2) is 95.4 Å². The molecule has 2 aromatic carbocycles. The molecule has 0 spiro atoms. The normalized spacial score (nSPS) is 16.9. The number of sulfonamides is 1. The Morgan fingerprint density at radius 2 is 1.73 bits per heavy atom. The molecular weight excluding hydrogens is 622 g/mol. The second-order valence-corrected chi connectivity index (χ2v) is 14.4. The number of rotatable bonds is 12. The molecular formula is C30H37N5O8S2. The first-order valence-electron chi connectivity index (χ1n) is 14.1. The summed E-state index contributed by atoms with van der Waals surface area (Å²) in [6, 6.07) is 14.6. The second kappa shape index (κ2) is 14.3. The first-order valence-corrected chi connectivity index (χ1v) is 16.5. The Kier molecular flexibility index (Phi) is 10.8. The maximum Gasteiger partial charge on any atom is 0.414 e. The molecule has 0 unspecified atom stereocenters. The van der Waals surface area contributed by atoms with Gasteiger partial charge >= 0.3 is 12.1 Å². The van der Waals surface area contributed by atoms with Gasteiger partial charge in [0.05, 0.1) is 5.88 Å². The number of aromatic nitrogens is 2. The van der Waals surface area contributed by atoms with Crippen molar-refractivity contribution >= 4 is 39.8 Å². The summed E-state index contributed by atoms with van der Waals surface area (Å²) in [4.78, 5) is 40.4. The van der Waals surface area contributed by atoms with Crippen molar-refractivity contribution in [3.05, 3.63) is 72.4 Å². The molecule has 2 atom stereocenters. The Morgan fingerprint density at radius 3 is 2.36 bits per heavy atom. The number of nitrogens with one attached hydrogen (secondary N) is 1. The highest BCUT2D eigenvalue weighted by atomic mass is 32.2. The predicted molar refractivity (Wildman–Crippen MR) is 167 cm³/mol. The number of carbonyl (C=O) groups is 3. The zero-order chi connectivity index (χ0) is 32.8. The SMILES string of the molecule is CN(C)C(=O)Oc1ccc(C[C@H](NC(=O)[C@H]2N(S(=O)(=O)c3ccn(C)n3)CSC2(C)C)C(=O)OCCOc2ccccc2)cc1. The highest BCUT2D eigenvalue weighted by Crippen LogP contribution is 2.42. The minimum atomic E-state index is -4.12. The smallest absolute Gasteiger partial charge is 0.414 e. The molecule has 2 amide bonds. The average molecular weight is 660 g/mol. The zero-order valence-corrected chi connectivity index (χ0v) is 27.3. The van der Waals surface area contributed by atoms with Crippen molar-refractivity contribution in [2.45, 2.75) is 42.1 Å². The Morgan fingerprint density at radius 1 is 1.04 bits per heavy atom. The quantitative estimate of drug-likeness (QED) is 0.227. The number of hydrogen-bond acceptors (Lipinski definition) is 10. The van der Waals surface area contributed by atoms with Gasteiger partial charge in [-0.15, -0.1) is 11.8 Å². The van der Waals surface area contributed by atoms with Gasteiger partial charge in [0.25, 0.3) is 10.0 Å². The molecule has 1 N–H and O–H groups in total. The number of thioether (sulfide) groups is 1. The van der Waals surface area contributed by atoms with Gasteiger partial charge in [0.2, 0.25) is 5.91 Å². The van der Waals surface area contributed by atoms with Crippen LogP contribution in [0.2, 0.25) is 0 Å². The predicted octanol–water partition coefficient (Wildman–Crippen LogP) is 2.67. The lowest BCUT2D eigenvalue weighted by Gasteiger charge is -2.30. The van der Waals surface area contributed by atoms with Gasteiger partial charge in [-0.25, -0.2) is 18.0 Å². The standard InChI is InChI=1S/C30H37N5O8S2/c1-30(2)26(35(20-44-30)45(39,40)25-15-16-34(5)32-25)27(36)31-24(28(37)42-18-17-41-22-9-7-6-8-10-22)19-21-11-13-23(14-12-21)43-29(38)33(3)4/h6-16,24,26H,17-20H2,1-5H3,(H,31,36)/t24-,26+/m0/s1. The van der Waals surface area contributed by atoms with Crippen LogP contribution in [0.4, 0.5) is 4.79 Å². The fourth-order valence-corrected chi connectivity index (χ4v) is 7.64. The largest absolute Gasteiger partial charge is 0.490 e. The van der Waals surface area contributed by atoms with Crippen molar-refractivity contribution in [2.24, 2.45) is 7.05 Å². The fraction of sp³-hybridized carbons (Fsp3) is 0.400. The number of ether oxygens (including phenoxy) is 3. The van der Waals surface area contributed by atoms with Crippen LogP contribution in [0, 0.1) is 0 Å². The molecule has 0 saturated carbocycles. The molecule has 1 fully saturated rings. The number of nitrogens with zero attached hydrogens (tertiary/aromatic N) is 4. The number of para-hydroxylation sites is 1. The van der Waals surface area contributed by atoms with Gasteiger partial charge in [-0.05, 0) is 49.7 Å². The summed E-state index contributed by atoms with van der Waals surface area (Å²) in [6.07, 6.45) is 0.993. The van der Waals surface area contributed by atoms with Gasteiger partial charge < -0.3 is 24.4 Å². The molecule has 0 bridgehead atoms. The molecule has 2 heterocycles. The molecule has 45 heavy (non-hydrogen) atoms. The van der Waals surface area contributed by atoms with E-state index in [9.17, 15) is 22.8 Å². The summed E-state index contributed by atoms with van der Waals surface area (Å²) in [5.41, 5.74) is 0.639. The molecule has 242 valence electrons. The second-order valence-electron chi connectivity index (χ2n) is 11.0. The zero-order valence-electron chi connectivity index (χ0n) is 25.7. The van der Waals surface area contributed by atoms with Gasteiger partial charge in [-0.2, -0.15) is 9.40 Å². The van der Waals surface area contributed by atoms with E-state index in [0.717, 1.165) is 4.31 Å². The van der Waals surface area contributed by atoms with Crippen LogP contribution in [0.25, 0.3) is 0 Å². The summed E-state index contributed by atoms with van der Waals surface area (Å²) in [5.74, 6) is -0.417. The van der Waals surface area contributed by atoms with Gasteiger partial charge in [0.15, 0.2) is 5.03 Å². The van der Waals surface area contributed by atoms with Crippen LogP contribution in [0.5, 0.6) is 11.5 Å². The minimum Gasteiger partial charge on any atom is -0.490 e. The molecule has 1 aliphatic heterocycles. The lowest BCUT2D eigenvalue weighted by Crippen LogP contribution is -2.56. The molecule has 15 heteroatoms. The van der Waals surface area contributed by atoms with E-state index in [2.05, 4.69) is 10.4 Å².